The van der Waals surface area contributed by atoms with Gasteiger partial charge in [-0.2, -0.15) is 9.78 Å². The Morgan fingerprint density at radius 2 is 1.78 bits per heavy atom. The molecule has 0 radical (unpaired) electrons. The lowest BCUT2D eigenvalue weighted by Gasteiger charge is -2.22. The molecule has 6 nitrogen and oxygen atoms in total. The van der Waals surface area contributed by atoms with Crippen molar-refractivity contribution in [2.24, 2.45) is 5.10 Å². The fourth-order valence-electron chi connectivity index (χ4n) is 2.72. The van der Waals surface area contributed by atoms with Crippen LogP contribution in [-0.2, 0) is 4.79 Å². The molecule has 3 aromatic rings. The molecule has 0 saturated heterocycles. The van der Waals surface area contributed by atoms with Crippen molar-refractivity contribution in [1.82, 2.24) is 14.9 Å². The number of thioether (sulfide) groups is 1. The summed E-state index contributed by atoms with van der Waals surface area (Å²) in [6, 6.07) is 12.9. The molecule has 0 aliphatic carbocycles. The summed E-state index contributed by atoms with van der Waals surface area (Å²) in [5, 5.41) is 22.8. The maximum Gasteiger partial charge on any atom is 0.304 e. The largest absolute Gasteiger partial charge is 0.481 e. The number of rotatable bonds is 4. The Bertz CT molecular complexity index is 1030. The molecule has 1 aliphatic rings. The predicted molar refractivity (Wildman–Crippen MR) is 101 cm³/mol. The number of hydrogen-bond donors (Lipinski definition) is 1. The van der Waals surface area contributed by atoms with Crippen molar-refractivity contribution in [1.29, 1.82) is 0 Å². The molecule has 136 valence electrons. The molecule has 1 aliphatic heterocycles. The molecule has 1 aromatic heterocycles. The van der Waals surface area contributed by atoms with Crippen molar-refractivity contribution in [2.45, 2.75) is 16.8 Å². The molecule has 1 atom stereocenters. The minimum Gasteiger partial charge on any atom is -0.481 e. The van der Waals surface area contributed by atoms with Crippen molar-refractivity contribution >= 4 is 35.0 Å². The van der Waals surface area contributed by atoms with Gasteiger partial charge in [-0.05, 0) is 42.0 Å². The van der Waals surface area contributed by atoms with Crippen LogP contribution in [0.5, 0.6) is 0 Å². The Balaban J connectivity index is 1.81. The zero-order chi connectivity index (χ0) is 19.0. The normalized spacial score (nSPS) is 15.9. The second-order valence-electron chi connectivity index (χ2n) is 5.82. The van der Waals surface area contributed by atoms with Crippen LogP contribution in [0, 0.1) is 5.82 Å². The van der Waals surface area contributed by atoms with Gasteiger partial charge in [0.25, 0.3) is 0 Å². The van der Waals surface area contributed by atoms with Crippen LogP contribution in [0.15, 0.2) is 58.8 Å². The van der Waals surface area contributed by atoms with Crippen LogP contribution >= 0.6 is 23.4 Å². The summed E-state index contributed by atoms with van der Waals surface area (Å²) in [7, 11) is 0. The van der Waals surface area contributed by atoms with Crippen LogP contribution < -0.4 is 0 Å². The summed E-state index contributed by atoms with van der Waals surface area (Å²) in [6.07, 6.45) is -0.106. The summed E-state index contributed by atoms with van der Waals surface area (Å²) < 4.78 is 14.8. The summed E-state index contributed by atoms with van der Waals surface area (Å²) in [4.78, 5) is 11.3. The quantitative estimate of drug-likeness (QED) is 0.715. The van der Waals surface area contributed by atoms with Crippen LogP contribution in [-0.4, -0.2) is 36.9 Å². The van der Waals surface area contributed by atoms with Gasteiger partial charge in [0.2, 0.25) is 5.16 Å². The van der Waals surface area contributed by atoms with Crippen molar-refractivity contribution in [2.75, 3.05) is 0 Å². The zero-order valence-electron chi connectivity index (χ0n) is 13.7. The molecule has 0 saturated carbocycles. The average Bonchev–Trinajstić information content (AvgIpc) is 3.05. The summed E-state index contributed by atoms with van der Waals surface area (Å²) in [5.74, 6) is -0.822. The number of benzene rings is 2. The van der Waals surface area contributed by atoms with E-state index in [2.05, 4.69) is 15.3 Å². The van der Waals surface area contributed by atoms with E-state index in [0.717, 1.165) is 5.56 Å². The Labute approximate surface area is 162 Å². The number of nitrogens with zero attached hydrogens (tertiary/aromatic N) is 4. The van der Waals surface area contributed by atoms with E-state index in [0.29, 0.717) is 27.3 Å². The molecule has 2 aromatic carbocycles. The van der Waals surface area contributed by atoms with Gasteiger partial charge in [0.1, 0.15) is 5.82 Å². The summed E-state index contributed by atoms with van der Waals surface area (Å²) >= 11 is 7.24. The molecule has 1 N–H and O–H groups in total. The van der Waals surface area contributed by atoms with Crippen LogP contribution in [0.2, 0.25) is 5.02 Å². The van der Waals surface area contributed by atoms with Crippen molar-refractivity contribution < 1.29 is 14.3 Å². The molecule has 27 heavy (non-hydrogen) atoms. The van der Waals surface area contributed by atoms with Gasteiger partial charge in [0, 0.05) is 10.6 Å². The molecule has 0 fully saturated rings. The molecule has 0 spiro atoms. The van der Waals surface area contributed by atoms with E-state index < -0.39 is 11.2 Å². The first kappa shape index (κ1) is 17.7. The molecule has 1 unspecified atom stereocenters. The third-order valence-corrected chi connectivity index (χ3v) is 5.37. The molecule has 9 heteroatoms. The third kappa shape index (κ3) is 3.58. The average molecular weight is 403 g/mol. The molecule has 0 amide bonds. The number of carboxylic acids is 1. The molecule has 0 bridgehead atoms. The van der Waals surface area contributed by atoms with Gasteiger partial charge < -0.3 is 5.11 Å². The number of aromatic nitrogens is 3. The van der Waals surface area contributed by atoms with Gasteiger partial charge in [-0.3, -0.25) is 4.79 Å². The van der Waals surface area contributed by atoms with E-state index in [4.69, 9.17) is 11.6 Å². The number of carboxylic acid groups (broad SMARTS) is 1. The summed E-state index contributed by atoms with van der Waals surface area (Å²) in [6.45, 7) is 0. The van der Waals surface area contributed by atoms with Gasteiger partial charge in [-0.1, -0.05) is 35.5 Å². The van der Waals surface area contributed by atoms with Crippen molar-refractivity contribution in [3.8, 4) is 11.4 Å². The van der Waals surface area contributed by atoms with Gasteiger partial charge in [-0.15, -0.1) is 10.2 Å². The van der Waals surface area contributed by atoms with Crippen molar-refractivity contribution in [3.05, 3.63) is 64.9 Å². The number of halogens is 2. The van der Waals surface area contributed by atoms with E-state index >= 15 is 0 Å². The Morgan fingerprint density at radius 1 is 1.11 bits per heavy atom. The van der Waals surface area contributed by atoms with Gasteiger partial charge in [-0.25, -0.2) is 4.39 Å². The van der Waals surface area contributed by atoms with E-state index in [1.165, 1.54) is 23.9 Å². The van der Waals surface area contributed by atoms with Crippen molar-refractivity contribution in [3.63, 3.8) is 0 Å². The van der Waals surface area contributed by atoms with E-state index in [-0.39, 0.29) is 12.2 Å². The minimum absolute atomic E-state index is 0.106. The Kier molecular flexibility index (Phi) is 4.67. The van der Waals surface area contributed by atoms with Crippen LogP contribution in [0.3, 0.4) is 0 Å². The zero-order valence-corrected chi connectivity index (χ0v) is 15.3. The third-order valence-electron chi connectivity index (χ3n) is 3.97. The van der Waals surface area contributed by atoms with E-state index in [1.807, 2.05) is 0 Å². The molecular weight excluding hydrogens is 391 g/mol. The molecule has 2 heterocycles. The SMILES string of the molecule is O=C(O)CC1Sc2nnc(-c3ccc(F)cc3)n2N=C1c1ccc(Cl)cc1. The van der Waals surface area contributed by atoms with Gasteiger partial charge >= 0.3 is 5.97 Å². The summed E-state index contributed by atoms with van der Waals surface area (Å²) in [5.41, 5.74) is 2.02. The lowest BCUT2D eigenvalue weighted by Crippen LogP contribution is -2.27. The lowest BCUT2D eigenvalue weighted by atomic mass is 10.1. The lowest BCUT2D eigenvalue weighted by molar-refractivity contribution is -0.136. The number of fused-ring (bicyclic) bond motifs is 1. The maximum absolute atomic E-state index is 13.2. The Morgan fingerprint density at radius 3 is 2.44 bits per heavy atom. The van der Waals surface area contributed by atoms with Gasteiger partial charge in [0.15, 0.2) is 5.82 Å². The van der Waals surface area contributed by atoms with Gasteiger partial charge in [0.05, 0.1) is 17.4 Å². The topological polar surface area (TPSA) is 80.4 Å². The van der Waals surface area contributed by atoms with E-state index in [9.17, 15) is 14.3 Å². The van der Waals surface area contributed by atoms with E-state index in [1.54, 1.807) is 41.1 Å². The number of hydrogen-bond acceptors (Lipinski definition) is 5. The first-order valence-corrected chi connectivity index (χ1v) is 9.21. The Hall–Kier alpha value is -2.71. The smallest absolute Gasteiger partial charge is 0.304 e. The molecule has 4 rings (SSSR count). The molecular formula is C18H12ClFN4O2S. The standard InChI is InChI=1S/C18H12ClFN4O2S/c19-12-5-1-10(2-6-12)16-14(9-15(25)26)27-18-22-21-17(24(18)23-16)11-3-7-13(20)8-4-11/h1-8,14H,9H2,(H,25,26). The first-order chi connectivity index (χ1) is 13.0. The number of carbonyl (C=O) groups is 1. The van der Waals surface area contributed by atoms with Crippen LogP contribution in [0.1, 0.15) is 12.0 Å². The van der Waals surface area contributed by atoms with Crippen LogP contribution in [0.4, 0.5) is 4.39 Å². The predicted octanol–water partition coefficient (Wildman–Crippen LogP) is 3.94. The second kappa shape index (κ2) is 7.13. The maximum atomic E-state index is 13.2. The first-order valence-electron chi connectivity index (χ1n) is 7.96. The minimum atomic E-state index is -0.930. The highest BCUT2D eigenvalue weighted by Crippen LogP contribution is 2.34. The second-order valence-corrected chi connectivity index (χ2v) is 7.43. The number of aliphatic carboxylic acids is 1. The highest BCUT2D eigenvalue weighted by molar-refractivity contribution is 8.00. The highest BCUT2D eigenvalue weighted by Gasteiger charge is 2.30. The highest BCUT2D eigenvalue weighted by atomic mass is 35.5. The fourth-order valence-corrected chi connectivity index (χ4v) is 3.94. The fraction of sp³-hybridized carbons (Fsp3) is 0.111. The van der Waals surface area contributed by atoms with Crippen LogP contribution in [0.25, 0.3) is 11.4 Å². The monoisotopic (exact) mass is 402 g/mol.